The summed E-state index contributed by atoms with van der Waals surface area (Å²) < 4.78 is 6.55. The molecule has 1 aromatic rings. The van der Waals surface area contributed by atoms with Crippen molar-refractivity contribution in [3.05, 3.63) is 22.9 Å². The van der Waals surface area contributed by atoms with E-state index in [1.54, 1.807) is 18.5 Å². The lowest BCUT2D eigenvalue weighted by Gasteiger charge is -2.23. The molecule has 1 N–H and O–H groups in total. The lowest BCUT2D eigenvalue weighted by Crippen LogP contribution is -3.00. The van der Waals surface area contributed by atoms with Crippen LogP contribution < -0.4 is 29.3 Å². The van der Waals surface area contributed by atoms with Gasteiger partial charge in [0.15, 0.2) is 0 Å². The number of aromatic nitrogens is 1. The first-order chi connectivity index (χ1) is 7.88. The van der Waals surface area contributed by atoms with E-state index in [1.807, 2.05) is 21.1 Å². The van der Waals surface area contributed by atoms with Gasteiger partial charge in [-0.2, -0.15) is 0 Å². The summed E-state index contributed by atoms with van der Waals surface area (Å²) in [6, 6.07) is 1.70. The summed E-state index contributed by atoms with van der Waals surface area (Å²) in [4.78, 5) is 15.4. The highest BCUT2D eigenvalue weighted by Gasteiger charge is 2.10. The summed E-state index contributed by atoms with van der Waals surface area (Å²) in [6.45, 7) is 1.16. The first kappa shape index (κ1) is 17.6. The smallest absolute Gasteiger partial charge is 0.411 e. The Hall–Kier alpha value is -0.410. The highest BCUT2D eigenvalue weighted by Crippen LogP contribution is 2.19. The van der Waals surface area contributed by atoms with Crippen molar-refractivity contribution in [2.75, 3.05) is 39.6 Å². The van der Waals surface area contributed by atoms with Gasteiger partial charge in [-0.3, -0.25) is 10.3 Å². The van der Waals surface area contributed by atoms with Gasteiger partial charge in [0.05, 0.1) is 31.3 Å². The number of carbonyl (C=O) groups excluding carboxylic acids is 1. The van der Waals surface area contributed by atoms with Gasteiger partial charge in [-0.15, -0.1) is 0 Å². The topological polar surface area (TPSA) is 51.2 Å². The van der Waals surface area contributed by atoms with Crippen LogP contribution in [-0.4, -0.2) is 49.9 Å². The number of anilines is 1. The van der Waals surface area contributed by atoms with E-state index in [0.29, 0.717) is 12.3 Å². The second-order valence-corrected chi connectivity index (χ2v) is 5.48. The molecule has 0 saturated heterocycles. The highest BCUT2D eigenvalue weighted by molar-refractivity contribution is 9.10. The lowest BCUT2D eigenvalue weighted by atomic mass is 10.4. The molecular weight excluding hydrogens is 413 g/mol. The number of nitrogens with zero attached hydrogens (tertiary/aromatic N) is 2. The second-order valence-electron chi connectivity index (χ2n) is 4.63. The first-order valence-corrected chi connectivity index (χ1v) is 6.01. The molecule has 0 aliphatic rings. The Bertz CT molecular complexity index is 396. The van der Waals surface area contributed by atoms with Crippen LogP contribution in [0.1, 0.15) is 0 Å². The number of carbonyl (C=O) groups is 1. The summed E-state index contributed by atoms with van der Waals surface area (Å²) in [5.74, 6) is 0. The molecule has 0 spiro atoms. The maximum Gasteiger partial charge on any atom is 0.411 e. The normalized spacial score (nSPS) is 10.4. The molecule has 0 bridgehead atoms. The standard InChI is InChI=1S/C11H16BrN3O2.HI/c1-15(2,3)6-7-17-11(16)14-10-4-5-13-8-9(10)12;/h4-5,8H,6-7H2,1-3H3;1H. The van der Waals surface area contributed by atoms with Crippen molar-refractivity contribution in [2.24, 2.45) is 0 Å². The predicted molar refractivity (Wildman–Crippen MR) is 69.8 cm³/mol. The quantitative estimate of drug-likeness (QED) is 0.498. The molecular formula is C11H17BrIN3O2. The maximum atomic E-state index is 11.5. The van der Waals surface area contributed by atoms with Crippen LogP contribution in [0.15, 0.2) is 22.9 Å². The van der Waals surface area contributed by atoms with Crippen molar-refractivity contribution in [2.45, 2.75) is 0 Å². The van der Waals surface area contributed by atoms with E-state index in [0.717, 1.165) is 15.5 Å². The van der Waals surface area contributed by atoms with Crippen LogP contribution in [0.3, 0.4) is 0 Å². The third-order valence-corrected chi connectivity index (χ3v) is 2.64. The first-order valence-electron chi connectivity index (χ1n) is 5.22. The third-order valence-electron chi connectivity index (χ3n) is 2.00. The zero-order valence-electron chi connectivity index (χ0n) is 10.6. The summed E-state index contributed by atoms with van der Waals surface area (Å²) >= 11 is 3.29. The second kappa shape index (κ2) is 7.90. The zero-order valence-corrected chi connectivity index (χ0v) is 14.4. The number of ether oxygens (including phenoxy) is 1. The van der Waals surface area contributed by atoms with Gasteiger partial charge < -0.3 is 33.2 Å². The average molecular weight is 430 g/mol. The molecule has 7 heteroatoms. The van der Waals surface area contributed by atoms with Crippen LogP contribution >= 0.6 is 15.9 Å². The minimum atomic E-state index is -0.453. The Balaban J connectivity index is 0.00000289. The van der Waals surface area contributed by atoms with Gasteiger partial charge in [0.2, 0.25) is 0 Å². The van der Waals surface area contributed by atoms with Gasteiger partial charge >= 0.3 is 6.09 Å². The Morgan fingerprint density at radius 2 is 2.17 bits per heavy atom. The van der Waals surface area contributed by atoms with E-state index in [4.69, 9.17) is 4.74 Å². The van der Waals surface area contributed by atoms with E-state index in [1.165, 1.54) is 0 Å². The monoisotopic (exact) mass is 429 g/mol. The van der Waals surface area contributed by atoms with Crippen LogP contribution in [-0.2, 0) is 4.74 Å². The van der Waals surface area contributed by atoms with Gasteiger partial charge in [0.1, 0.15) is 13.2 Å². The summed E-state index contributed by atoms with van der Waals surface area (Å²) in [5.41, 5.74) is 0.648. The SMILES string of the molecule is C[N+](C)(C)CCOC(=O)Nc1ccncc1Br.[I-]. The summed E-state index contributed by atoms with van der Waals surface area (Å²) in [7, 11) is 6.13. The molecule has 0 aliphatic heterocycles. The lowest BCUT2D eigenvalue weighted by molar-refractivity contribution is -0.870. The fraction of sp³-hybridized carbons (Fsp3) is 0.455. The molecule has 0 saturated carbocycles. The zero-order chi connectivity index (χ0) is 12.9. The van der Waals surface area contributed by atoms with Crippen molar-refractivity contribution in [1.82, 2.24) is 4.98 Å². The number of rotatable bonds is 4. The number of halogens is 2. The summed E-state index contributed by atoms with van der Waals surface area (Å²) in [5, 5.41) is 2.64. The Morgan fingerprint density at radius 1 is 1.50 bits per heavy atom. The number of hydrogen-bond acceptors (Lipinski definition) is 3. The predicted octanol–water partition coefficient (Wildman–Crippen LogP) is -0.897. The van der Waals surface area contributed by atoms with Gasteiger partial charge in [-0.1, -0.05) is 0 Å². The molecule has 1 heterocycles. The van der Waals surface area contributed by atoms with Gasteiger partial charge in [0.25, 0.3) is 0 Å². The molecule has 1 rings (SSSR count). The Labute approximate surface area is 133 Å². The molecule has 1 aromatic heterocycles. The minimum absolute atomic E-state index is 0. The molecule has 0 aliphatic carbocycles. The minimum Gasteiger partial charge on any atom is -1.00 e. The van der Waals surface area contributed by atoms with Gasteiger partial charge in [0, 0.05) is 12.4 Å². The highest BCUT2D eigenvalue weighted by atomic mass is 127. The van der Waals surface area contributed by atoms with E-state index in [9.17, 15) is 4.79 Å². The molecule has 0 radical (unpaired) electrons. The van der Waals surface area contributed by atoms with Crippen LogP contribution in [0.25, 0.3) is 0 Å². The molecule has 0 aromatic carbocycles. The Morgan fingerprint density at radius 3 is 2.72 bits per heavy atom. The van der Waals surface area contributed by atoms with Crippen molar-refractivity contribution < 1.29 is 38.0 Å². The molecule has 102 valence electrons. The largest absolute Gasteiger partial charge is 1.00 e. The number of hydrogen-bond donors (Lipinski definition) is 1. The van der Waals surface area contributed by atoms with E-state index in [-0.39, 0.29) is 24.0 Å². The van der Waals surface area contributed by atoms with Gasteiger partial charge in [-0.05, 0) is 22.0 Å². The molecule has 0 fully saturated rings. The molecule has 1 amide bonds. The van der Waals surface area contributed by atoms with Crippen molar-refractivity contribution in [3.63, 3.8) is 0 Å². The number of amides is 1. The fourth-order valence-corrected chi connectivity index (χ4v) is 1.38. The van der Waals surface area contributed by atoms with Gasteiger partial charge in [-0.25, -0.2) is 4.79 Å². The van der Waals surface area contributed by atoms with Crippen LogP contribution in [0, 0.1) is 0 Å². The van der Waals surface area contributed by atoms with Crippen LogP contribution in [0.4, 0.5) is 10.5 Å². The van der Waals surface area contributed by atoms with E-state index >= 15 is 0 Å². The maximum absolute atomic E-state index is 11.5. The number of nitrogens with one attached hydrogen (secondary N) is 1. The van der Waals surface area contributed by atoms with Crippen LogP contribution in [0.2, 0.25) is 0 Å². The molecule has 5 nitrogen and oxygen atoms in total. The van der Waals surface area contributed by atoms with E-state index in [2.05, 4.69) is 26.2 Å². The Kier molecular flexibility index (Phi) is 7.72. The summed E-state index contributed by atoms with van der Waals surface area (Å²) in [6.07, 6.45) is 2.76. The molecule has 0 atom stereocenters. The average Bonchev–Trinajstić information content (AvgIpc) is 2.19. The van der Waals surface area contributed by atoms with Crippen molar-refractivity contribution >= 4 is 27.7 Å². The van der Waals surface area contributed by atoms with Crippen molar-refractivity contribution in [3.8, 4) is 0 Å². The number of pyridine rings is 1. The fourth-order valence-electron chi connectivity index (χ4n) is 1.03. The number of likely N-dealkylation sites (N-methyl/N-ethyl adjacent to an activating group) is 1. The molecule has 18 heavy (non-hydrogen) atoms. The van der Waals surface area contributed by atoms with E-state index < -0.39 is 6.09 Å². The third kappa shape index (κ3) is 7.12. The van der Waals surface area contributed by atoms with Crippen molar-refractivity contribution in [1.29, 1.82) is 0 Å². The molecule has 0 unspecified atom stereocenters. The number of quaternary nitrogens is 1. The van der Waals surface area contributed by atoms with Crippen LogP contribution in [0.5, 0.6) is 0 Å².